The Morgan fingerprint density at radius 3 is 2.63 bits per heavy atom. The van der Waals surface area contributed by atoms with Gasteiger partial charge in [0.2, 0.25) is 0 Å². The molecule has 154 valence electrons. The monoisotopic (exact) mass is 440 g/mol. The molecule has 2 heterocycles. The minimum atomic E-state index is -3.68. The number of aryl methyl sites for hydroxylation is 1. The molecule has 0 atom stereocenters. The van der Waals surface area contributed by atoms with Crippen molar-refractivity contribution in [3.05, 3.63) is 59.0 Å². The van der Waals surface area contributed by atoms with Crippen LogP contribution in [0, 0.1) is 11.3 Å². The maximum atomic E-state index is 13.3. The molecule has 8 heteroatoms. The number of nitrogens with zero attached hydrogens (tertiary/aromatic N) is 2. The number of nitriles is 1. The SMILES string of the molecule is CCc1ccc(S(=O)(=O)N2CCOc3ccc(-c4ccc(C#N)c(OC)c4)cc32)s1. The average molecular weight is 441 g/mol. The Labute approximate surface area is 180 Å². The average Bonchev–Trinajstić information content (AvgIpc) is 3.28. The van der Waals surface area contributed by atoms with Crippen molar-refractivity contribution in [1.29, 1.82) is 5.26 Å². The largest absolute Gasteiger partial charge is 0.495 e. The van der Waals surface area contributed by atoms with E-state index in [1.165, 1.54) is 22.8 Å². The maximum absolute atomic E-state index is 13.3. The quantitative estimate of drug-likeness (QED) is 0.586. The van der Waals surface area contributed by atoms with E-state index in [0.29, 0.717) is 33.6 Å². The second-order valence-corrected chi connectivity index (χ2v) is 9.97. The van der Waals surface area contributed by atoms with E-state index in [2.05, 4.69) is 6.07 Å². The van der Waals surface area contributed by atoms with Crippen molar-refractivity contribution < 1.29 is 17.9 Å². The van der Waals surface area contributed by atoms with Crippen molar-refractivity contribution in [2.45, 2.75) is 17.6 Å². The number of methoxy groups -OCH3 is 1. The molecule has 30 heavy (non-hydrogen) atoms. The normalized spacial score (nSPS) is 13.3. The van der Waals surface area contributed by atoms with Crippen molar-refractivity contribution in [3.8, 4) is 28.7 Å². The summed E-state index contributed by atoms with van der Waals surface area (Å²) in [5.41, 5.74) is 2.58. The highest BCUT2D eigenvalue weighted by Crippen LogP contribution is 2.40. The van der Waals surface area contributed by atoms with E-state index in [0.717, 1.165) is 22.4 Å². The molecule has 0 radical (unpaired) electrons. The Hall–Kier alpha value is -3.02. The van der Waals surface area contributed by atoms with Gasteiger partial charge < -0.3 is 9.47 Å². The van der Waals surface area contributed by atoms with Crippen molar-refractivity contribution in [3.63, 3.8) is 0 Å². The van der Waals surface area contributed by atoms with Crippen LogP contribution in [0.2, 0.25) is 0 Å². The van der Waals surface area contributed by atoms with Gasteiger partial charge in [0.1, 0.15) is 28.4 Å². The fourth-order valence-corrected chi connectivity index (χ4v) is 6.24. The third-order valence-corrected chi connectivity index (χ3v) is 8.47. The van der Waals surface area contributed by atoms with E-state index in [1.54, 1.807) is 30.3 Å². The van der Waals surface area contributed by atoms with Crippen LogP contribution in [0.5, 0.6) is 11.5 Å². The van der Waals surface area contributed by atoms with Gasteiger partial charge in [-0.1, -0.05) is 19.1 Å². The predicted octanol–water partition coefficient (Wildman–Crippen LogP) is 4.45. The molecule has 0 N–H and O–H groups in total. The minimum absolute atomic E-state index is 0.245. The van der Waals surface area contributed by atoms with E-state index < -0.39 is 10.0 Å². The molecule has 0 unspecified atom stereocenters. The first-order valence-electron chi connectivity index (χ1n) is 9.44. The summed E-state index contributed by atoms with van der Waals surface area (Å²) in [6, 6.07) is 16.4. The third kappa shape index (κ3) is 3.51. The lowest BCUT2D eigenvalue weighted by molar-refractivity contribution is 0.316. The maximum Gasteiger partial charge on any atom is 0.274 e. The van der Waals surface area contributed by atoms with Gasteiger partial charge in [-0.2, -0.15) is 5.26 Å². The molecule has 0 aliphatic carbocycles. The summed E-state index contributed by atoms with van der Waals surface area (Å²) in [7, 11) is -2.17. The van der Waals surface area contributed by atoms with E-state index in [4.69, 9.17) is 9.47 Å². The summed E-state index contributed by atoms with van der Waals surface area (Å²) in [6.45, 7) is 2.54. The number of sulfonamides is 1. The van der Waals surface area contributed by atoms with E-state index in [9.17, 15) is 13.7 Å². The first-order valence-corrected chi connectivity index (χ1v) is 11.7. The van der Waals surface area contributed by atoms with Crippen LogP contribution in [0.3, 0.4) is 0 Å². The molecule has 0 fully saturated rings. The van der Waals surface area contributed by atoms with Crippen LogP contribution in [0.25, 0.3) is 11.1 Å². The van der Waals surface area contributed by atoms with Gasteiger partial charge in [0, 0.05) is 4.88 Å². The summed E-state index contributed by atoms with van der Waals surface area (Å²) in [5, 5.41) is 9.20. The van der Waals surface area contributed by atoms with E-state index in [1.807, 2.05) is 25.1 Å². The van der Waals surface area contributed by atoms with Crippen LogP contribution < -0.4 is 13.8 Å². The molecule has 1 aliphatic rings. The molecule has 3 aromatic rings. The van der Waals surface area contributed by atoms with Gasteiger partial charge in [0.05, 0.1) is 24.9 Å². The van der Waals surface area contributed by atoms with Crippen LogP contribution >= 0.6 is 11.3 Å². The number of hydrogen-bond donors (Lipinski definition) is 0. The van der Waals surface area contributed by atoms with Gasteiger partial charge in [0.25, 0.3) is 10.0 Å². The number of hydrogen-bond acceptors (Lipinski definition) is 6. The molecule has 0 bridgehead atoms. The second kappa shape index (κ2) is 8.01. The number of thiophene rings is 1. The molecular formula is C22H20N2O4S2. The van der Waals surface area contributed by atoms with Crippen LogP contribution in [-0.4, -0.2) is 28.7 Å². The van der Waals surface area contributed by atoms with Gasteiger partial charge in [-0.15, -0.1) is 11.3 Å². The summed E-state index contributed by atoms with van der Waals surface area (Å²) in [6.07, 6.45) is 0.796. The molecule has 0 saturated heterocycles. The Morgan fingerprint density at radius 2 is 1.93 bits per heavy atom. The van der Waals surface area contributed by atoms with Gasteiger partial charge in [-0.05, 0) is 53.9 Å². The molecule has 1 aromatic heterocycles. The molecule has 6 nitrogen and oxygen atoms in total. The summed E-state index contributed by atoms with van der Waals surface area (Å²) in [5.74, 6) is 1.00. The molecule has 0 saturated carbocycles. The lowest BCUT2D eigenvalue weighted by Crippen LogP contribution is -2.37. The molecule has 4 rings (SSSR count). The highest BCUT2D eigenvalue weighted by Gasteiger charge is 2.31. The number of ether oxygens (including phenoxy) is 2. The zero-order valence-electron chi connectivity index (χ0n) is 16.6. The van der Waals surface area contributed by atoms with Crippen molar-refractivity contribution >= 4 is 27.0 Å². The second-order valence-electron chi connectivity index (χ2n) is 6.71. The van der Waals surface area contributed by atoms with Crippen LogP contribution in [0.4, 0.5) is 5.69 Å². The highest BCUT2D eigenvalue weighted by molar-refractivity contribution is 7.94. The highest BCUT2D eigenvalue weighted by atomic mass is 32.2. The molecule has 2 aromatic carbocycles. The van der Waals surface area contributed by atoms with Gasteiger partial charge in [-0.3, -0.25) is 4.31 Å². The van der Waals surface area contributed by atoms with E-state index in [-0.39, 0.29) is 6.54 Å². The number of fused-ring (bicyclic) bond motifs is 1. The number of benzene rings is 2. The summed E-state index contributed by atoms with van der Waals surface area (Å²) >= 11 is 1.30. The van der Waals surface area contributed by atoms with Crippen molar-refractivity contribution in [2.75, 3.05) is 24.6 Å². The standard InChI is InChI=1S/C22H20N2O4S2/c1-3-18-7-9-22(29-18)30(25,26)24-10-11-28-20-8-6-15(12-19(20)24)16-4-5-17(14-23)21(13-16)27-2/h4-9,12-13H,3,10-11H2,1-2H3. The van der Waals surface area contributed by atoms with Gasteiger partial charge in [-0.25, -0.2) is 8.42 Å². The summed E-state index contributed by atoms with van der Waals surface area (Å²) in [4.78, 5) is 1.03. The topological polar surface area (TPSA) is 79.6 Å². The van der Waals surface area contributed by atoms with Gasteiger partial charge in [0.15, 0.2) is 0 Å². The zero-order valence-corrected chi connectivity index (χ0v) is 18.2. The van der Waals surface area contributed by atoms with Crippen LogP contribution in [0.1, 0.15) is 17.4 Å². The summed E-state index contributed by atoms with van der Waals surface area (Å²) < 4.78 is 39.4. The Balaban J connectivity index is 1.78. The number of anilines is 1. The van der Waals surface area contributed by atoms with Gasteiger partial charge >= 0.3 is 0 Å². The third-order valence-electron chi connectivity index (χ3n) is 4.96. The molecule has 0 amide bonds. The van der Waals surface area contributed by atoms with E-state index >= 15 is 0 Å². The van der Waals surface area contributed by atoms with Crippen LogP contribution in [0.15, 0.2) is 52.7 Å². The fourth-order valence-electron chi connectivity index (χ4n) is 3.38. The molecular weight excluding hydrogens is 420 g/mol. The Bertz CT molecular complexity index is 1240. The van der Waals surface area contributed by atoms with Crippen molar-refractivity contribution in [2.24, 2.45) is 0 Å². The molecule has 1 aliphatic heterocycles. The molecule has 0 spiro atoms. The Morgan fingerprint density at radius 1 is 1.17 bits per heavy atom. The van der Waals surface area contributed by atoms with Crippen LogP contribution in [-0.2, 0) is 16.4 Å². The first-order chi connectivity index (χ1) is 14.5. The zero-order chi connectivity index (χ0) is 21.3. The Kier molecular flexibility index (Phi) is 5.41. The lowest BCUT2D eigenvalue weighted by Gasteiger charge is -2.30. The minimum Gasteiger partial charge on any atom is -0.495 e. The lowest BCUT2D eigenvalue weighted by atomic mass is 10.0. The smallest absolute Gasteiger partial charge is 0.274 e. The van der Waals surface area contributed by atoms with Crippen molar-refractivity contribution in [1.82, 2.24) is 0 Å². The first kappa shape index (κ1) is 20.3. The number of rotatable bonds is 5. The fraction of sp³-hybridized carbons (Fsp3) is 0.227. The predicted molar refractivity (Wildman–Crippen MR) is 117 cm³/mol.